The van der Waals surface area contributed by atoms with Crippen molar-refractivity contribution in [1.82, 2.24) is 0 Å². The van der Waals surface area contributed by atoms with E-state index < -0.39 is 17.4 Å². The van der Waals surface area contributed by atoms with Gasteiger partial charge in [-0.2, -0.15) is 0 Å². The van der Waals surface area contributed by atoms with Crippen molar-refractivity contribution in [3.8, 4) is 11.5 Å². The van der Waals surface area contributed by atoms with Crippen LogP contribution in [0.3, 0.4) is 0 Å². The van der Waals surface area contributed by atoms with Crippen molar-refractivity contribution in [2.75, 3.05) is 0 Å². The van der Waals surface area contributed by atoms with Gasteiger partial charge in [0.1, 0.15) is 0 Å². The molecule has 0 aliphatic heterocycles. The van der Waals surface area contributed by atoms with Gasteiger partial charge in [0.15, 0.2) is 16.6 Å². The molecule has 7 nitrogen and oxygen atoms in total. The van der Waals surface area contributed by atoms with Gasteiger partial charge in [-0.3, -0.25) is 19.2 Å². The van der Waals surface area contributed by atoms with Crippen LogP contribution in [0.1, 0.15) is 122 Å². The second-order valence-corrected chi connectivity index (χ2v) is 16.3. The molecule has 1 aromatic rings. The Morgan fingerprint density at radius 3 is 2.09 bits per heavy atom. The second kappa shape index (κ2) is 10.2. The first-order valence-corrected chi connectivity index (χ1v) is 16.4. The predicted octanol–water partition coefficient (Wildman–Crippen LogP) is 7.26. The molecule has 43 heavy (non-hydrogen) atoms. The predicted molar refractivity (Wildman–Crippen MR) is 168 cm³/mol. The maximum atomic E-state index is 12.7. The van der Waals surface area contributed by atoms with Crippen LogP contribution >= 0.6 is 11.8 Å². The highest BCUT2D eigenvalue weighted by molar-refractivity contribution is 8.13. The maximum absolute atomic E-state index is 12.7. The summed E-state index contributed by atoms with van der Waals surface area (Å²) in [6, 6.07) is 1.88. The van der Waals surface area contributed by atoms with Crippen LogP contribution in [0.4, 0.5) is 0 Å². The van der Waals surface area contributed by atoms with Gasteiger partial charge in [0.05, 0.1) is 5.25 Å². The van der Waals surface area contributed by atoms with E-state index in [4.69, 9.17) is 15.2 Å². The number of amides is 1. The van der Waals surface area contributed by atoms with Crippen LogP contribution in [-0.2, 0) is 24.6 Å². The van der Waals surface area contributed by atoms with Crippen molar-refractivity contribution < 1.29 is 28.7 Å². The van der Waals surface area contributed by atoms with E-state index >= 15 is 0 Å². The number of fused-ring (bicyclic) bond motifs is 7. The summed E-state index contributed by atoms with van der Waals surface area (Å²) in [6.07, 6.45) is 8.83. The molecule has 7 atom stereocenters. The molecule has 0 bridgehead atoms. The summed E-state index contributed by atoms with van der Waals surface area (Å²) < 4.78 is 11.3. The average molecular weight is 610 g/mol. The smallest absolute Gasteiger partial charge is 0.308 e. The van der Waals surface area contributed by atoms with E-state index in [2.05, 4.69) is 33.8 Å². The van der Waals surface area contributed by atoms with Gasteiger partial charge in [0, 0.05) is 37.2 Å². The van der Waals surface area contributed by atoms with E-state index in [1.165, 1.54) is 31.2 Å². The number of allylic oxidation sites excluding steroid dienone is 1. The van der Waals surface area contributed by atoms with Crippen molar-refractivity contribution in [3.05, 3.63) is 34.4 Å². The SMILES string of the molecule is CC(=O)Oc1cc2c(c(C)c1OC(C)=O)C(SC(C)=O)C=C1[C@@]2(C)CC[C@@]2(C)[C@@H]3C[C@](C)(C(N)=O)CC[C@]3(C)CC[C@]12C. The maximum Gasteiger partial charge on any atom is 0.308 e. The molecule has 0 aromatic heterocycles. The largest absolute Gasteiger partial charge is 0.423 e. The summed E-state index contributed by atoms with van der Waals surface area (Å²) in [5, 5.41) is -0.288. The zero-order chi connectivity index (χ0) is 31.9. The fourth-order valence-electron chi connectivity index (χ4n) is 9.67. The lowest BCUT2D eigenvalue weighted by molar-refractivity contribution is -0.166. The highest BCUT2D eigenvalue weighted by Gasteiger charge is 2.67. The van der Waals surface area contributed by atoms with Crippen molar-refractivity contribution in [2.24, 2.45) is 33.3 Å². The summed E-state index contributed by atoms with van der Waals surface area (Å²) in [4.78, 5) is 49.7. The Hall–Kier alpha value is -2.61. The molecule has 3 fully saturated rings. The van der Waals surface area contributed by atoms with E-state index in [-0.39, 0.29) is 49.4 Å². The number of nitrogens with two attached hydrogens (primary N) is 1. The van der Waals surface area contributed by atoms with Crippen LogP contribution in [0.25, 0.3) is 0 Å². The number of rotatable bonds is 4. The number of benzene rings is 1. The van der Waals surface area contributed by atoms with Gasteiger partial charge < -0.3 is 15.2 Å². The van der Waals surface area contributed by atoms with Crippen molar-refractivity contribution >= 4 is 34.7 Å². The van der Waals surface area contributed by atoms with E-state index in [0.717, 1.165) is 56.1 Å². The Balaban J connectivity index is 1.72. The topological polar surface area (TPSA) is 113 Å². The molecule has 0 heterocycles. The Labute approximate surface area is 260 Å². The molecule has 0 saturated heterocycles. The Morgan fingerprint density at radius 1 is 0.884 bits per heavy atom. The van der Waals surface area contributed by atoms with Crippen LogP contribution in [0.15, 0.2) is 17.7 Å². The molecule has 1 unspecified atom stereocenters. The first-order valence-electron chi connectivity index (χ1n) is 15.6. The Morgan fingerprint density at radius 2 is 1.51 bits per heavy atom. The Bertz CT molecular complexity index is 1470. The van der Waals surface area contributed by atoms with E-state index in [1.54, 1.807) is 6.92 Å². The number of ether oxygens (including phenoxy) is 2. The third-order valence-electron chi connectivity index (χ3n) is 12.4. The monoisotopic (exact) mass is 609 g/mol. The fraction of sp³-hybridized carbons (Fsp3) is 0.657. The van der Waals surface area contributed by atoms with Gasteiger partial charge >= 0.3 is 11.9 Å². The third-order valence-corrected chi connectivity index (χ3v) is 13.4. The summed E-state index contributed by atoms with van der Waals surface area (Å²) in [5.41, 5.74) is 8.95. The van der Waals surface area contributed by atoms with Gasteiger partial charge in [0.2, 0.25) is 5.91 Å². The van der Waals surface area contributed by atoms with E-state index in [0.29, 0.717) is 11.5 Å². The highest BCUT2D eigenvalue weighted by Crippen LogP contribution is 2.75. The van der Waals surface area contributed by atoms with Crippen LogP contribution in [0.5, 0.6) is 11.5 Å². The van der Waals surface area contributed by atoms with Crippen LogP contribution in [0, 0.1) is 34.5 Å². The minimum Gasteiger partial charge on any atom is -0.423 e. The zero-order valence-corrected chi connectivity index (χ0v) is 28.0. The summed E-state index contributed by atoms with van der Waals surface area (Å²) in [7, 11) is 0. The minimum atomic E-state index is -0.518. The zero-order valence-electron chi connectivity index (χ0n) is 27.2. The molecule has 0 radical (unpaired) electrons. The molecule has 1 aromatic carbocycles. The van der Waals surface area contributed by atoms with E-state index in [9.17, 15) is 19.2 Å². The lowest BCUT2D eigenvalue weighted by atomic mass is 9.34. The first-order chi connectivity index (χ1) is 19.8. The summed E-state index contributed by atoms with van der Waals surface area (Å²) >= 11 is 1.27. The molecule has 234 valence electrons. The molecule has 4 aliphatic rings. The first kappa shape index (κ1) is 31.8. The number of hydrogen-bond donors (Lipinski definition) is 1. The average Bonchev–Trinajstić information content (AvgIpc) is 2.89. The molecule has 0 spiro atoms. The molecule has 2 N–H and O–H groups in total. The molecule has 5 rings (SSSR count). The van der Waals surface area contributed by atoms with Gasteiger partial charge in [-0.15, -0.1) is 0 Å². The van der Waals surface area contributed by atoms with Crippen molar-refractivity contribution in [1.29, 1.82) is 0 Å². The van der Waals surface area contributed by atoms with E-state index in [1.807, 2.05) is 19.9 Å². The molecular formula is C35H47NO6S. The standard InChI is InChI=1S/C35H47NO6S/c1-19-28-23(16-24(41-20(2)37)29(19)42-21(3)38)33(7)13-15-35(9)27-18-32(6,30(36)40)11-10-31(27,5)12-14-34(35,8)26(33)17-25(28)43-22(4)39/h16-17,25,27H,10-15,18H2,1-9H3,(H2,36,40)/t25?,27-,31-,32-,33+,34-,35+/m1/s1. The molecule has 3 saturated carbocycles. The lowest BCUT2D eigenvalue weighted by Crippen LogP contribution is -2.63. The molecule has 8 heteroatoms. The highest BCUT2D eigenvalue weighted by atomic mass is 32.2. The summed E-state index contributed by atoms with van der Waals surface area (Å²) in [5.74, 6) is -0.431. The molecular weight excluding hydrogens is 562 g/mol. The van der Waals surface area contributed by atoms with Gasteiger partial charge in [-0.05, 0) is 91.2 Å². The lowest BCUT2D eigenvalue weighted by Gasteiger charge is -2.70. The number of carbonyl (C=O) groups is 4. The number of primary amides is 1. The fourth-order valence-corrected chi connectivity index (χ4v) is 10.6. The van der Waals surface area contributed by atoms with Crippen LogP contribution in [-0.4, -0.2) is 23.0 Å². The second-order valence-electron chi connectivity index (χ2n) is 15.0. The number of carbonyl (C=O) groups excluding carboxylic acids is 4. The third kappa shape index (κ3) is 4.69. The summed E-state index contributed by atoms with van der Waals surface area (Å²) in [6.45, 7) is 17.7. The normalized spacial score (nSPS) is 37.9. The number of thioether (sulfide) groups is 1. The van der Waals surface area contributed by atoms with Gasteiger partial charge in [-0.25, -0.2) is 0 Å². The van der Waals surface area contributed by atoms with Crippen LogP contribution < -0.4 is 15.2 Å². The quantitative estimate of drug-likeness (QED) is 0.217. The van der Waals surface area contributed by atoms with Crippen molar-refractivity contribution in [3.63, 3.8) is 0 Å². The number of esters is 2. The van der Waals surface area contributed by atoms with Crippen molar-refractivity contribution in [2.45, 2.75) is 118 Å². The Kier molecular flexibility index (Phi) is 7.55. The van der Waals surface area contributed by atoms with Crippen LogP contribution in [0.2, 0.25) is 0 Å². The molecule has 4 aliphatic carbocycles. The number of hydrogen-bond acceptors (Lipinski definition) is 7. The molecule has 1 amide bonds. The van der Waals surface area contributed by atoms with Gasteiger partial charge in [-0.1, -0.05) is 58.0 Å². The minimum absolute atomic E-state index is 0.00153. The van der Waals surface area contributed by atoms with Gasteiger partial charge in [0.25, 0.3) is 0 Å².